The Hall–Kier alpha value is -1.14. The Morgan fingerprint density at radius 2 is 2.17 bits per heavy atom. The summed E-state index contributed by atoms with van der Waals surface area (Å²) in [4.78, 5) is 29.4. The molecule has 6 heteroatoms. The van der Waals surface area contributed by atoms with Crippen molar-refractivity contribution < 1.29 is 9.59 Å². The lowest BCUT2D eigenvalue weighted by Crippen LogP contribution is -2.58. The van der Waals surface area contributed by atoms with Gasteiger partial charge >= 0.3 is 0 Å². The average molecular weight is 254 g/mol. The van der Waals surface area contributed by atoms with Crippen molar-refractivity contribution in [1.82, 2.24) is 14.7 Å². The van der Waals surface area contributed by atoms with E-state index in [2.05, 4.69) is 4.90 Å². The summed E-state index contributed by atoms with van der Waals surface area (Å²) in [5, 5.41) is 0. The Morgan fingerprint density at radius 3 is 2.78 bits per heavy atom. The van der Waals surface area contributed by atoms with Gasteiger partial charge in [0.1, 0.15) is 0 Å². The largest absolute Gasteiger partial charge is 0.334 e. The van der Waals surface area contributed by atoms with Gasteiger partial charge in [-0.05, 0) is 13.5 Å². The molecule has 18 heavy (non-hydrogen) atoms. The second-order valence-electron chi connectivity index (χ2n) is 5.16. The van der Waals surface area contributed by atoms with Gasteiger partial charge in [0.2, 0.25) is 11.8 Å². The standard InChI is InChI=1S/C12H22N4O2/c1-14-5-6-16(10(7-13)8-14)12(18)9-15-4-2-3-11(15)17/h10H,2-9,13H2,1H3. The van der Waals surface area contributed by atoms with Crippen LogP contribution in [0.2, 0.25) is 0 Å². The molecule has 2 N–H and O–H groups in total. The predicted octanol–water partition coefficient (Wildman–Crippen LogP) is -1.29. The van der Waals surface area contributed by atoms with Gasteiger partial charge in [-0.1, -0.05) is 0 Å². The van der Waals surface area contributed by atoms with Crippen molar-refractivity contribution in [2.45, 2.75) is 18.9 Å². The molecule has 0 radical (unpaired) electrons. The van der Waals surface area contributed by atoms with Gasteiger partial charge in [0.05, 0.1) is 12.6 Å². The van der Waals surface area contributed by atoms with Crippen LogP contribution in [0, 0.1) is 0 Å². The molecule has 1 unspecified atom stereocenters. The highest BCUT2D eigenvalue weighted by molar-refractivity contribution is 5.86. The number of piperazine rings is 1. The predicted molar refractivity (Wildman–Crippen MR) is 67.9 cm³/mol. The molecule has 2 aliphatic rings. The fourth-order valence-electron chi connectivity index (χ4n) is 2.67. The third-order valence-corrected chi connectivity index (χ3v) is 3.78. The fraction of sp³-hybridized carbons (Fsp3) is 0.833. The molecule has 102 valence electrons. The number of nitrogens with two attached hydrogens (primary N) is 1. The lowest BCUT2D eigenvalue weighted by molar-refractivity contribution is -0.141. The van der Waals surface area contributed by atoms with Crippen LogP contribution in [0.4, 0.5) is 0 Å². The van der Waals surface area contributed by atoms with Crippen molar-refractivity contribution in [3.63, 3.8) is 0 Å². The first kappa shape index (κ1) is 13.3. The van der Waals surface area contributed by atoms with Crippen LogP contribution >= 0.6 is 0 Å². The van der Waals surface area contributed by atoms with Crippen LogP contribution in [-0.2, 0) is 9.59 Å². The van der Waals surface area contributed by atoms with E-state index in [0.29, 0.717) is 26.1 Å². The zero-order valence-corrected chi connectivity index (χ0v) is 11.0. The third-order valence-electron chi connectivity index (χ3n) is 3.78. The van der Waals surface area contributed by atoms with E-state index in [1.807, 2.05) is 11.9 Å². The zero-order chi connectivity index (χ0) is 13.1. The molecule has 6 nitrogen and oxygen atoms in total. The van der Waals surface area contributed by atoms with Gasteiger partial charge in [0.15, 0.2) is 0 Å². The molecular formula is C12H22N4O2. The highest BCUT2D eigenvalue weighted by atomic mass is 16.2. The molecule has 0 saturated carbocycles. The number of hydrogen-bond acceptors (Lipinski definition) is 4. The average Bonchev–Trinajstić information content (AvgIpc) is 2.74. The second-order valence-corrected chi connectivity index (χ2v) is 5.16. The number of amides is 2. The Kier molecular flexibility index (Phi) is 4.19. The summed E-state index contributed by atoms with van der Waals surface area (Å²) in [5.41, 5.74) is 5.73. The molecule has 2 fully saturated rings. The van der Waals surface area contributed by atoms with Crippen molar-refractivity contribution in [1.29, 1.82) is 0 Å². The van der Waals surface area contributed by atoms with Crippen molar-refractivity contribution >= 4 is 11.8 Å². The van der Waals surface area contributed by atoms with E-state index < -0.39 is 0 Å². The zero-order valence-electron chi connectivity index (χ0n) is 11.0. The Morgan fingerprint density at radius 1 is 1.39 bits per heavy atom. The van der Waals surface area contributed by atoms with E-state index in [0.717, 1.165) is 19.5 Å². The van der Waals surface area contributed by atoms with Gasteiger partial charge in [-0.2, -0.15) is 0 Å². The molecule has 0 bridgehead atoms. The lowest BCUT2D eigenvalue weighted by Gasteiger charge is -2.40. The summed E-state index contributed by atoms with van der Waals surface area (Å²) in [6, 6.07) is 0.0777. The number of hydrogen-bond donors (Lipinski definition) is 1. The molecular weight excluding hydrogens is 232 g/mol. The number of carbonyl (C=O) groups excluding carboxylic acids is 2. The Bertz CT molecular complexity index is 334. The third kappa shape index (κ3) is 2.81. The lowest BCUT2D eigenvalue weighted by atomic mass is 10.1. The van der Waals surface area contributed by atoms with Gasteiger partial charge in [-0.3, -0.25) is 9.59 Å². The van der Waals surface area contributed by atoms with Gasteiger partial charge in [-0.15, -0.1) is 0 Å². The van der Waals surface area contributed by atoms with Crippen molar-refractivity contribution in [3.8, 4) is 0 Å². The molecule has 0 aromatic carbocycles. The van der Waals surface area contributed by atoms with Crippen LogP contribution < -0.4 is 5.73 Å². The summed E-state index contributed by atoms with van der Waals surface area (Å²) >= 11 is 0. The van der Waals surface area contributed by atoms with Gasteiger partial charge in [0.25, 0.3) is 0 Å². The molecule has 0 aromatic rings. The van der Waals surface area contributed by atoms with Crippen LogP contribution in [-0.4, -0.2) is 78.9 Å². The van der Waals surface area contributed by atoms with Gasteiger partial charge in [0, 0.05) is 39.1 Å². The molecule has 0 aliphatic carbocycles. The minimum absolute atomic E-state index is 0.0359. The van der Waals surface area contributed by atoms with E-state index in [1.54, 1.807) is 4.90 Å². The minimum Gasteiger partial charge on any atom is -0.334 e. The smallest absolute Gasteiger partial charge is 0.242 e. The Labute approximate surface area is 108 Å². The first-order valence-electron chi connectivity index (χ1n) is 6.57. The van der Waals surface area contributed by atoms with E-state index in [-0.39, 0.29) is 24.4 Å². The van der Waals surface area contributed by atoms with Crippen molar-refractivity contribution in [2.75, 3.05) is 46.3 Å². The monoisotopic (exact) mass is 254 g/mol. The molecule has 2 saturated heterocycles. The molecule has 1 atom stereocenters. The van der Waals surface area contributed by atoms with Crippen LogP contribution in [0.1, 0.15) is 12.8 Å². The van der Waals surface area contributed by atoms with Gasteiger partial charge in [-0.25, -0.2) is 0 Å². The highest BCUT2D eigenvalue weighted by Gasteiger charge is 2.30. The summed E-state index contributed by atoms with van der Waals surface area (Å²) in [6.45, 7) is 3.81. The fourth-order valence-corrected chi connectivity index (χ4v) is 2.67. The van der Waals surface area contributed by atoms with Crippen LogP contribution in [0.15, 0.2) is 0 Å². The summed E-state index contributed by atoms with van der Waals surface area (Å²) in [7, 11) is 2.04. The number of likely N-dealkylation sites (N-methyl/N-ethyl adjacent to an activating group) is 1. The maximum absolute atomic E-state index is 12.2. The highest BCUT2D eigenvalue weighted by Crippen LogP contribution is 2.12. The molecule has 0 spiro atoms. The van der Waals surface area contributed by atoms with E-state index in [9.17, 15) is 9.59 Å². The van der Waals surface area contributed by atoms with Crippen LogP contribution in [0.25, 0.3) is 0 Å². The van der Waals surface area contributed by atoms with E-state index >= 15 is 0 Å². The first-order chi connectivity index (χ1) is 8.61. The number of carbonyl (C=O) groups is 2. The molecule has 2 rings (SSSR count). The van der Waals surface area contributed by atoms with Crippen LogP contribution in [0.3, 0.4) is 0 Å². The maximum atomic E-state index is 12.2. The van der Waals surface area contributed by atoms with Crippen LogP contribution in [0.5, 0.6) is 0 Å². The van der Waals surface area contributed by atoms with E-state index in [4.69, 9.17) is 5.73 Å². The number of nitrogens with zero attached hydrogens (tertiary/aromatic N) is 3. The number of rotatable bonds is 3. The normalized spacial score (nSPS) is 25.9. The minimum atomic E-state index is 0.0359. The van der Waals surface area contributed by atoms with Crippen molar-refractivity contribution in [3.05, 3.63) is 0 Å². The summed E-state index contributed by atoms with van der Waals surface area (Å²) < 4.78 is 0. The quantitative estimate of drug-likeness (QED) is 0.680. The molecule has 0 aromatic heterocycles. The van der Waals surface area contributed by atoms with Crippen molar-refractivity contribution in [2.24, 2.45) is 5.73 Å². The number of likely N-dealkylation sites (tertiary alicyclic amines) is 1. The Balaban J connectivity index is 1.93. The molecule has 2 amide bonds. The second kappa shape index (κ2) is 5.67. The summed E-state index contributed by atoms with van der Waals surface area (Å²) in [6.07, 6.45) is 1.45. The molecule has 2 aliphatic heterocycles. The van der Waals surface area contributed by atoms with E-state index in [1.165, 1.54) is 0 Å². The molecule has 2 heterocycles. The van der Waals surface area contributed by atoms with Gasteiger partial charge < -0.3 is 20.4 Å². The maximum Gasteiger partial charge on any atom is 0.242 e. The SMILES string of the molecule is CN1CCN(C(=O)CN2CCCC2=O)C(CN)C1. The topological polar surface area (TPSA) is 69.9 Å². The summed E-state index contributed by atoms with van der Waals surface area (Å²) in [5.74, 6) is 0.135. The first-order valence-corrected chi connectivity index (χ1v) is 6.57.